The van der Waals surface area contributed by atoms with E-state index in [9.17, 15) is 4.79 Å². The molecule has 1 amide bonds. The molecular weight excluding hydrogens is 408 g/mol. The van der Waals surface area contributed by atoms with Gasteiger partial charge in [0, 0.05) is 38.1 Å². The second-order valence-corrected chi connectivity index (χ2v) is 8.25. The molecule has 0 N–H and O–H groups in total. The molecule has 0 saturated carbocycles. The summed E-state index contributed by atoms with van der Waals surface area (Å²) in [5, 5.41) is 6.45. The number of rotatable bonds is 8. The molecule has 7 nitrogen and oxygen atoms in total. The van der Waals surface area contributed by atoms with Crippen molar-refractivity contribution < 1.29 is 4.79 Å². The zero-order valence-electron chi connectivity index (χ0n) is 18.0. The van der Waals surface area contributed by atoms with E-state index in [1.54, 1.807) is 39.2 Å². The van der Waals surface area contributed by atoms with Gasteiger partial charge in [-0.3, -0.25) is 9.78 Å². The van der Waals surface area contributed by atoms with E-state index in [1.165, 1.54) is 0 Å². The number of likely N-dealkylation sites (N-methyl/N-ethyl adjacent to an activating group) is 2. The molecule has 31 heavy (non-hydrogen) atoms. The monoisotopic (exact) mass is 434 g/mol. The highest BCUT2D eigenvalue weighted by atomic mass is 32.1. The molecule has 8 heteroatoms. The Bertz CT molecular complexity index is 1170. The lowest BCUT2D eigenvalue weighted by Crippen LogP contribution is -2.36. The fourth-order valence-electron chi connectivity index (χ4n) is 3.48. The van der Waals surface area contributed by atoms with Gasteiger partial charge in [-0.1, -0.05) is 19.9 Å². The summed E-state index contributed by atoms with van der Waals surface area (Å²) in [6, 6.07) is 9.60. The van der Waals surface area contributed by atoms with Crippen molar-refractivity contribution in [1.82, 2.24) is 29.4 Å². The number of pyridine rings is 1. The first-order valence-corrected chi connectivity index (χ1v) is 11.3. The normalized spacial score (nSPS) is 11.4. The first-order chi connectivity index (χ1) is 15.1. The van der Waals surface area contributed by atoms with E-state index in [0.29, 0.717) is 17.8 Å². The van der Waals surface area contributed by atoms with E-state index in [4.69, 9.17) is 4.98 Å². The van der Waals surface area contributed by atoms with Crippen LogP contribution in [0.2, 0.25) is 0 Å². The van der Waals surface area contributed by atoms with Crippen LogP contribution in [0.5, 0.6) is 0 Å². The summed E-state index contributed by atoms with van der Waals surface area (Å²) < 4.78 is 1.73. The van der Waals surface area contributed by atoms with Gasteiger partial charge in [-0.15, -0.1) is 11.3 Å². The summed E-state index contributed by atoms with van der Waals surface area (Å²) in [5.74, 6) is -0.0143. The van der Waals surface area contributed by atoms with Gasteiger partial charge in [0.1, 0.15) is 0 Å². The number of amides is 1. The van der Waals surface area contributed by atoms with Crippen LogP contribution in [0.15, 0.2) is 54.3 Å². The van der Waals surface area contributed by atoms with E-state index in [1.807, 2.05) is 42.9 Å². The molecule has 0 aliphatic carbocycles. The third kappa shape index (κ3) is 4.50. The quantitative estimate of drug-likeness (QED) is 0.420. The first-order valence-electron chi connectivity index (χ1n) is 10.4. The van der Waals surface area contributed by atoms with Gasteiger partial charge in [0.15, 0.2) is 5.65 Å². The lowest BCUT2D eigenvalue weighted by atomic mass is 10.1. The minimum absolute atomic E-state index is 0.0143. The number of hydrogen-bond acceptors (Lipinski definition) is 6. The van der Waals surface area contributed by atoms with Crippen LogP contribution in [0, 0.1) is 0 Å². The highest BCUT2D eigenvalue weighted by Crippen LogP contribution is 2.27. The van der Waals surface area contributed by atoms with Crippen LogP contribution in [0.4, 0.5) is 0 Å². The number of carbonyl (C=O) groups excluding carboxylic acids is 1. The number of hydrogen-bond donors (Lipinski definition) is 0. The van der Waals surface area contributed by atoms with Gasteiger partial charge in [0.2, 0.25) is 0 Å². The molecular formula is C23H26N6OS. The second kappa shape index (κ2) is 9.36. The zero-order valence-corrected chi connectivity index (χ0v) is 18.8. The molecule has 4 heterocycles. The fourth-order valence-corrected chi connectivity index (χ4v) is 4.17. The van der Waals surface area contributed by atoms with E-state index < -0.39 is 0 Å². The lowest BCUT2D eigenvalue weighted by Gasteiger charge is -2.23. The molecule has 4 aromatic heterocycles. The molecule has 0 aliphatic rings. The largest absolute Gasteiger partial charge is 0.340 e. The summed E-state index contributed by atoms with van der Waals surface area (Å²) in [6.45, 7) is 7.76. The second-order valence-electron chi connectivity index (χ2n) is 7.30. The molecule has 0 spiro atoms. The minimum atomic E-state index is -0.0143. The Balaban J connectivity index is 1.60. The molecule has 0 radical (unpaired) electrons. The van der Waals surface area contributed by atoms with Crippen molar-refractivity contribution >= 4 is 22.9 Å². The van der Waals surface area contributed by atoms with E-state index in [-0.39, 0.29) is 5.91 Å². The molecule has 4 aromatic rings. The number of nitrogens with zero attached hydrogens (tertiary/aromatic N) is 6. The van der Waals surface area contributed by atoms with Crippen molar-refractivity contribution in [2.24, 2.45) is 0 Å². The molecule has 0 saturated heterocycles. The summed E-state index contributed by atoms with van der Waals surface area (Å²) >= 11 is 1.65. The van der Waals surface area contributed by atoms with E-state index in [0.717, 1.165) is 41.4 Å². The van der Waals surface area contributed by atoms with Crippen LogP contribution >= 0.6 is 11.3 Å². The topological polar surface area (TPSA) is 66.6 Å². The highest BCUT2D eigenvalue weighted by Gasteiger charge is 2.16. The fraction of sp³-hybridized carbons (Fsp3) is 0.304. The Kier molecular flexibility index (Phi) is 6.39. The van der Waals surface area contributed by atoms with Crippen molar-refractivity contribution in [1.29, 1.82) is 0 Å². The zero-order chi connectivity index (χ0) is 21.8. The van der Waals surface area contributed by atoms with Gasteiger partial charge >= 0.3 is 0 Å². The summed E-state index contributed by atoms with van der Waals surface area (Å²) in [6.07, 6.45) is 5.32. The van der Waals surface area contributed by atoms with Gasteiger partial charge < -0.3 is 9.80 Å². The average molecular weight is 435 g/mol. The van der Waals surface area contributed by atoms with Gasteiger partial charge in [0.25, 0.3) is 5.91 Å². The number of fused-ring (bicyclic) bond motifs is 1. The lowest BCUT2D eigenvalue weighted by molar-refractivity contribution is 0.0779. The maximum atomic E-state index is 13.0. The van der Waals surface area contributed by atoms with E-state index in [2.05, 4.69) is 28.8 Å². The maximum Gasteiger partial charge on any atom is 0.253 e. The number of aromatic nitrogens is 4. The van der Waals surface area contributed by atoms with Crippen LogP contribution in [0.1, 0.15) is 24.2 Å². The SMILES string of the molecule is CCN(CC)CCN(C)C(=O)c1ccnc(-c2cnn3ccc(-c4cccs4)nc23)c1. The smallest absolute Gasteiger partial charge is 0.253 e. The molecule has 0 aliphatic heterocycles. The van der Waals surface area contributed by atoms with Gasteiger partial charge in [0.05, 0.1) is 28.0 Å². The van der Waals surface area contributed by atoms with Crippen LogP contribution in [0.25, 0.3) is 27.5 Å². The standard InChI is InChI=1S/C23H26N6OS/c1-4-28(5-2)13-12-27(3)23(30)17-8-10-24-20(15-17)18-16-25-29-11-9-19(26-22(18)29)21-7-6-14-31-21/h6-11,14-16H,4-5,12-13H2,1-3H3. The summed E-state index contributed by atoms with van der Waals surface area (Å²) in [7, 11) is 1.84. The van der Waals surface area contributed by atoms with Crippen molar-refractivity contribution in [2.75, 3.05) is 33.2 Å². The predicted molar refractivity (Wildman–Crippen MR) is 124 cm³/mol. The van der Waals surface area contributed by atoms with Crippen LogP contribution in [-0.2, 0) is 0 Å². The van der Waals surface area contributed by atoms with Crippen molar-refractivity contribution in [2.45, 2.75) is 13.8 Å². The minimum Gasteiger partial charge on any atom is -0.340 e. The molecule has 0 atom stereocenters. The number of thiophene rings is 1. The van der Waals surface area contributed by atoms with Crippen LogP contribution in [-0.4, -0.2) is 68.5 Å². The molecule has 160 valence electrons. The summed E-state index contributed by atoms with van der Waals surface area (Å²) in [4.78, 5) is 27.4. The Morgan fingerprint density at radius 2 is 1.97 bits per heavy atom. The molecule has 0 unspecified atom stereocenters. The molecule has 0 bridgehead atoms. The average Bonchev–Trinajstić information content (AvgIpc) is 3.49. The van der Waals surface area contributed by atoms with Crippen LogP contribution in [0.3, 0.4) is 0 Å². The third-order valence-corrected chi connectivity index (χ3v) is 6.31. The van der Waals surface area contributed by atoms with Gasteiger partial charge in [-0.25, -0.2) is 9.50 Å². The summed E-state index contributed by atoms with van der Waals surface area (Å²) in [5.41, 5.74) is 3.72. The Morgan fingerprint density at radius 1 is 1.13 bits per heavy atom. The Morgan fingerprint density at radius 3 is 2.71 bits per heavy atom. The predicted octanol–water partition coefficient (Wildman–Crippen LogP) is 3.93. The van der Waals surface area contributed by atoms with E-state index >= 15 is 0 Å². The van der Waals surface area contributed by atoms with Gasteiger partial charge in [-0.2, -0.15) is 5.10 Å². The molecule has 0 fully saturated rings. The maximum absolute atomic E-state index is 13.0. The Hall–Kier alpha value is -3.10. The van der Waals surface area contributed by atoms with Gasteiger partial charge in [-0.05, 0) is 42.7 Å². The molecule has 0 aromatic carbocycles. The highest BCUT2D eigenvalue weighted by molar-refractivity contribution is 7.13. The van der Waals surface area contributed by atoms with Crippen LogP contribution < -0.4 is 0 Å². The first kappa shape index (κ1) is 21.1. The number of carbonyl (C=O) groups is 1. The third-order valence-electron chi connectivity index (χ3n) is 5.42. The Labute approximate surface area is 186 Å². The van der Waals surface area contributed by atoms with Crippen molar-refractivity contribution in [3.8, 4) is 21.8 Å². The molecule has 4 rings (SSSR count). The van der Waals surface area contributed by atoms with Crippen molar-refractivity contribution in [3.63, 3.8) is 0 Å². The van der Waals surface area contributed by atoms with Crippen molar-refractivity contribution in [3.05, 3.63) is 59.9 Å².